The first kappa shape index (κ1) is 18.9. The van der Waals surface area contributed by atoms with Crippen LogP contribution >= 0.6 is 27.3 Å². The molecule has 0 radical (unpaired) electrons. The number of thiazole rings is 1. The van der Waals surface area contributed by atoms with Crippen LogP contribution in [0.1, 0.15) is 5.56 Å². The van der Waals surface area contributed by atoms with Gasteiger partial charge in [0.25, 0.3) is 0 Å². The Morgan fingerprint density at radius 3 is 2.89 bits per heavy atom. The third-order valence-corrected chi connectivity index (χ3v) is 4.82. The van der Waals surface area contributed by atoms with E-state index in [1.165, 1.54) is 11.3 Å². The molecule has 0 amide bonds. The number of hydrogen-bond donors (Lipinski definition) is 1. The summed E-state index contributed by atoms with van der Waals surface area (Å²) in [4.78, 5) is 4.52. The topological polar surface area (TPSA) is 79.5 Å². The van der Waals surface area contributed by atoms with Crippen LogP contribution in [0.5, 0.6) is 11.5 Å². The van der Waals surface area contributed by atoms with Gasteiger partial charge in [-0.1, -0.05) is 30.3 Å². The van der Waals surface area contributed by atoms with E-state index in [2.05, 4.69) is 31.4 Å². The molecule has 0 saturated carbocycles. The highest BCUT2D eigenvalue weighted by Crippen LogP contribution is 2.36. The summed E-state index contributed by atoms with van der Waals surface area (Å²) >= 11 is 4.91. The number of methoxy groups -OCH3 is 1. The van der Waals surface area contributed by atoms with Crippen molar-refractivity contribution < 1.29 is 9.47 Å². The average molecular weight is 443 g/mol. The van der Waals surface area contributed by atoms with E-state index in [0.717, 1.165) is 16.8 Å². The molecule has 136 valence electrons. The van der Waals surface area contributed by atoms with E-state index in [1.807, 2.05) is 47.8 Å². The van der Waals surface area contributed by atoms with Crippen molar-refractivity contribution in [1.29, 1.82) is 5.26 Å². The Morgan fingerprint density at radius 1 is 1.33 bits per heavy atom. The summed E-state index contributed by atoms with van der Waals surface area (Å²) in [6.07, 6.45) is 1.66. The quantitative estimate of drug-likeness (QED) is 0.414. The Kier molecular flexibility index (Phi) is 6.41. The van der Waals surface area contributed by atoms with E-state index < -0.39 is 0 Å². The van der Waals surface area contributed by atoms with Crippen molar-refractivity contribution in [1.82, 2.24) is 4.98 Å². The fourth-order valence-electron chi connectivity index (χ4n) is 2.29. The molecule has 0 aliphatic heterocycles. The van der Waals surface area contributed by atoms with Crippen LogP contribution in [0.4, 0.5) is 5.13 Å². The fourth-order valence-corrected chi connectivity index (χ4v) is 3.53. The van der Waals surface area contributed by atoms with Crippen molar-refractivity contribution >= 4 is 38.6 Å². The van der Waals surface area contributed by atoms with E-state index in [1.54, 1.807) is 19.4 Å². The van der Waals surface area contributed by atoms with Gasteiger partial charge in [0, 0.05) is 10.9 Å². The van der Waals surface area contributed by atoms with Gasteiger partial charge in [0.05, 0.1) is 23.5 Å². The van der Waals surface area contributed by atoms with E-state index in [4.69, 9.17) is 14.7 Å². The molecule has 2 aromatic carbocycles. The number of aromatic nitrogens is 1. The zero-order valence-electron chi connectivity index (χ0n) is 14.3. The number of hydrogen-bond acceptors (Lipinski definition) is 7. The first-order chi connectivity index (χ1) is 13.2. The molecule has 3 aromatic rings. The van der Waals surface area contributed by atoms with Gasteiger partial charge in [0.1, 0.15) is 6.07 Å². The molecule has 1 heterocycles. The summed E-state index contributed by atoms with van der Waals surface area (Å²) in [6.45, 7) is -0.0578. The van der Waals surface area contributed by atoms with Gasteiger partial charge in [0.15, 0.2) is 18.1 Å². The van der Waals surface area contributed by atoms with Crippen LogP contribution in [0.2, 0.25) is 0 Å². The molecule has 0 bridgehead atoms. The van der Waals surface area contributed by atoms with E-state index in [-0.39, 0.29) is 6.61 Å². The number of nitrogens with one attached hydrogen (secondary N) is 1. The minimum absolute atomic E-state index is 0.0578. The van der Waals surface area contributed by atoms with Crippen molar-refractivity contribution in [3.05, 3.63) is 57.9 Å². The highest BCUT2D eigenvalue weighted by molar-refractivity contribution is 9.10. The highest BCUT2D eigenvalue weighted by Gasteiger charge is 2.11. The van der Waals surface area contributed by atoms with Crippen LogP contribution < -0.4 is 14.9 Å². The minimum atomic E-state index is -0.0578. The molecule has 3 rings (SSSR count). The van der Waals surface area contributed by atoms with Gasteiger partial charge >= 0.3 is 0 Å². The third kappa shape index (κ3) is 4.84. The Balaban J connectivity index is 1.71. The summed E-state index contributed by atoms with van der Waals surface area (Å²) in [5.41, 5.74) is 5.70. The smallest absolute Gasteiger partial charge is 0.203 e. The first-order valence-electron chi connectivity index (χ1n) is 7.88. The van der Waals surface area contributed by atoms with Crippen molar-refractivity contribution in [2.75, 3.05) is 19.1 Å². The molecule has 0 aliphatic rings. The maximum absolute atomic E-state index is 8.67. The molecule has 0 fully saturated rings. The second-order valence-electron chi connectivity index (χ2n) is 5.25. The number of halogens is 1. The molecule has 0 unspecified atom stereocenters. The van der Waals surface area contributed by atoms with Crippen LogP contribution in [0.25, 0.3) is 11.3 Å². The molecular formula is C19H15BrN4O2S. The molecule has 0 saturated heterocycles. The van der Waals surface area contributed by atoms with Crippen LogP contribution in [0, 0.1) is 11.3 Å². The van der Waals surface area contributed by atoms with Gasteiger partial charge in [-0.3, -0.25) is 5.43 Å². The molecule has 1 N–H and O–H groups in total. The zero-order chi connectivity index (χ0) is 19.1. The fraction of sp³-hybridized carbons (Fsp3) is 0.105. The van der Waals surface area contributed by atoms with Gasteiger partial charge in [0.2, 0.25) is 5.13 Å². The normalized spacial score (nSPS) is 10.6. The largest absolute Gasteiger partial charge is 0.493 e. The monoisotopic (exact) mass is 442 g/mol. The van der Waals surface area contributed by atoms with Crippen LogP contribution in [-0.4, -0.2) is 24.9 Å². The molecule has 0 atom stereocenters. The lowest BCUT2D eigenvalue weighted by Crippen LogP contribution is -1.99. The summed E-state index contributed by atoms with van der Waals surface area (Å²) in [6, 6.07) is 15.5. The van der Waals surface area contributed by atoms with Gasteiger partial charge in [-0.05, 0) is 33.6 Å². The van der Waals surface area contributed by atoms with Gasteiger partial charge < -0.3 is 9.47 Å². The summed E-state index contributed by atoms with van der Waals surface area (Å²) in [5.74, 6) is 0.998. The minimum Gasteiger partial charge on any atom is -0.493 e. The molecule has 0 aliphatic carbocycles. The van der Waals surface area contributed by atoms with Gasteiger partial charge in [-0.25, -0.2) is 4.98 Å². The molecule has 8 heteroatoms. The van der Waals surface area contributed by atoms with Gasteiger partial charge in [-0.15, -0.1) is 11.3 Å². The summed E-state index contributed by atoms with van der Waals surface area (Å²) < 4.78 is 11.4. The van der Waals surface area contributed by atoms with E-state index >= 15 is 0 Å². The molecule has 0 spiro atoms. The van der Waals surface area contributed by atoms with Crippen molar-refractivity contribution in [2.45, 2.75) is 0 Å². The Hall–Kier alpha value is -2.89. The van der Waals surface area contributed by atoms with Crippen LogP contribution in [-0.2, 0) is 0 Å². The number of benzene rings is 2. The highest BCUT2D eigenvalue weighted by atomic mass is 79.9. The van der Waals surface area contributed by atoms with E-state index in [9.17, 15) is 0 Å². The predicted octanol–water partition coefficient (Wildman–Crippen LogP) is 4.93. The maximum atomic E-state index is 8.67. The number of hydrazone groups is 1. The number of rotatable bonds is 7. The van der Waals surface area contributed by atoms with Gasteiger partial charge in [-0.2, -0.15) is 10.4 Å². The lowest BCUT2D eigenvalue weighted by atomic mass is 10.2. The standard InChI is InChI=1S/C19H15BrN4O2S/c1-25-17-10-13(9-15(20)18(17)26-8-7-21)11-22-24-19-23-16(12-27-19)14-5-3-2-4-6-14/h2-6,9-12H,8H2,1H3,(H,23,24). The number of nitrogens with zero attached hydrogens (tertiary/aromatic N) is 3. The van der Waals surface area contributed by atoms with Crippen LogP contribution in [0.15, 0.2) is 57.4 Å². The Labute approximate surface area is 169 Å². The first-order valence-corrected chi connectivity index (χ1v) is 9.56. The van der Waals surface area contributed by atoms with Crippen molar-refractivity contribution in [3.63, 3.8) is 0 Å². The number of nitriles is 1. The zero-order valence-corrected chi connectivity index (χ0v) is 16.8. The van der Waals surface area contributed by atoms with E-state index in [0.29, 0.717) is 21.1 Å². The second kappa shape index (κ2) is 9.16. The SMILES string of the molecule is COc1cc(C=NNc2nc(-c3ccccc3)cs2)cc(Br)c1OCC#N. The third-order valence-electron chi connectivity index (χ3n) is 3.48. The predicted molar refractivity (Wildman–Crippen MR) is 111 cm³/mol. The van der Waals surface area contributed by atoms with Crippen molar-refractivity contribution in [3.8, 4) is 28.8 Å². The maximum Gasteiger partial charge on any atom is 0.203 e. The number of ether oxygens (including phenoxy) is 2. The van der Waals surface area contributed by atoms with Crippen molar-refractivity contribution in [2.24, 2.45) is 5.10 Å². The molecule has 6 nitrogen and oxygen atoms in total. The number of anilines is 1. The summed E-state index contributed by atoms with van der Waals surface area (Å²) in [5, 5.41) is 15.6. The molecule has 27 heavy (non-hydrogen) atoms. The average Bonchev–Trinajstić information content (AvgIpc) is 3.16. The van der Waals surface area contributed by atoms with Crippen LogP contribution in [0.3, 0.4) is 0 Å². The molecule has 1 aromatic heterocycles. The Bertz CT molecular complexity index is 983. The Morgan fingerprint density at radius 2 is 2.15 bits per heavy atom. The second-order valence-corrected chi connectivity index (χ2v) is 6.97. The summed E-state index contributed by atoms with van der Waals surface area (Å²) in [7, 11) is 1.54. The lowest BCUT2D eigenvalue weighted by molar-refractivity contribution is 0.327. The molecular weight excluding hydrogens is 428 g/mol. The lowest BCUT2D eigenvalue weighted by Gasteiger charge is -2.11.